The second-order valence-corrected chi connectivity index (χ2v) is 4.09. The number of hydrogen-bond acceptors (Lipinski definition) is 5. The topological polar surface area (TPSA) is 63.8 Å². The minimum absolute atomic E-state index is 0.196. The summed E-state index contributed by atoms with van der Waals surface area (Å²) in [4.78, 5) is 7.96. The van der Waals surface area contributed by atoms with Crippen LogP contribution in [0, 0.1) is 13.8 Å². The van der Waals surface area contributed by atoms with Gasteiger partial charge in [-0.2, -0.15) is 0 Å². The van der Waals surface area contributed by atoms with Crippen molar-refractivity contribution in [2.24, 2.45) is 0 Å². The van der Waals surface area contributed by atoms with Gasteiger partial charge in [0, 0.05) is 36.1 Å². The maximum atomic E-state index is 5.15. The molecule has 0 saturated carbocycles. The summed E-state index contributed by atoms with van der Waals surface area (Å²) < 4.78 is 5.15. The van der Waals surface area contributed by atoms with Crippen molar-refractivity contribution in [1.82, 2.24) is 20.4 Å². The van der Waals surface area contributed by atoms with E-state index in [2.05, 4.69) is 27.4 Å². The highest BCUT2D eigenvalue weighted by Crippen LogP contribution is 2.20. The maximum Gasteiger partial charge on any atom is 0.138 e. The average molecular weight is 232 g/mol. The fraction of sp³-hybridized carbons (Fsp3) is 0.417. The largest absolute Gasteiger partial charge is 0.361 e. The Morgan fingerprint density at radius 1 is 1.29 bits per heavy atom. The lowest BCUT2D eigenvalue weighted by atomic mass is 10.1. The minimum atomic E-state index is 0.196. The molecule has 5 nitrogen and oxygen atoms in total. The molecule has 0 aromatic carbocycles. The molecule has 0 radical (unpaired) electrons. The Morgan fingerprint density at radius 2 is 2.00 bits per heavy atom. The van der Waals surface area contributed by atoms with E-state index in [-0.39, 0.29) is 6.04 Å². The van der Waals surface area contributed by atoms with Crippen molar-refractivity contribution < 1.29 is 4.52 Å². The Balaban J connectivity index is 2.01. The Morgan fingerprint density at radius 3 is 2.59 bits per heavy atom. The van der Waals surface area contributed by atoms with Crippen LogP contribution in [0.25, 0.3) is 0 Å². The monoisotopic (exact) mass is 232 g/mol. The molecule has 0 saturated heterocycles. The predicted molar refractivity (Wildman–Crippen MR) is 63.3 cm³/mol. The van der Waals surface area contributed by atoms with Crippen molar-refractivity contribution >= 4 is 0 Å². The number of hydrogen-bond donors (Lipinski definition) is 1. The zero-order valence-corrected chi connectivity index (χ0v) is 10.3. The summed E-state index contributed by atoms with van der Waals surface area (Å²) in [6.07, 6.45) is 5.14. The molecule has 0 bridgehead atoms. The quantitative estimate of drug-likeness (QED) is 0.872. The van der Waals surface area contributed by atoms with Crippen molar-refractivity contribution in [3.63, 3.8) is 0 Å². The van der Waals surface area contributed by atoms with Gasteiger partial charge in [0.15, 0.2) is 0 Å². The van der Waals surface area contributed by atoms with Gasteiger partial charge in [0.25, 0.3) is 0 Å². The highest BCUT2D eigenvalue weighted by molar-refractivity contribution is 5.24. The predicted octanol–water partition coefficient (Wildman–Crippen LogP) is 1.93. The highest BCUT2D eigenvalue weighted by atomic mass is 16.5. The Labute approximate surface area is 100 Å². The molecule has 0 aliphatic carbocycles. The summed E-state index contributed by atoms with van der Waals surface area (Å²) >= 11 is 0. The summed E-state index contributed by atoms with van der Waals surface area (Å²) in [7, 11) is 0. The van der Waals surface area contributed by atoms with Gasteiger partial charge < -0.3 is 9.84 Å². The molecule has 1 unspecified atom stereocenters. The van der Waals surface area contributed by atoms with E-state index in [1.54, 1.807) is 12.4 Å². The SMILES string of the molecule is Cc1noc(C)c1C(C)NCc1cncnc1. The standard InChI is InChI=1S/C12H16N4O/c1-8(12-9(2)16-17-10(12)3)15-6-11-4-13-7-14-5-11/h4-5,7-8,15H,6H2,1-3H3. The van der Waals surface area contributed by atoms with Crippen LogP contribution < -0.4 is 5.32 Å². The summed E-state index contributed by atoms with van der Waals surface area (Å²) in [5.41, 5.74) is 3.12. The van der Waals surface area contributed by atoms with Gasteiger partial charge in [-0.3, -0.25) is 0 Å². The van der Waals surface area contributed by atoms with Crippen LogP contribution in [0.2, 0.25) is 0 Å². The molecule has 0 amide bonds. The van der Waals surface area contributed by atoms with E-state index < -0.39 is 0 Å². The fourth-order valence-corrected chi connectivity index (χ4v) is 1.90. The normalized spacial score (nSPS) is 12.6. The molecule has 17 heavy (non-hydrogen) atoms. The van der Waals surface area contributed by atoms with Crippen LogP contribution in [-0.2, 0) is 6.54 Å². The number of aromatic nitrogens is 3. The molecule has 1 atom stereocenters. The van der Waals surface area contributed by atoms with Gasteiger partial charge in [0.2, 0.25) is 0 Å². The molecule has 0 aliphatic rings. The number of rotatable bonds is 4. The van der Waals surface area contributed by atoms with Crippen molar-refractivity contribution in [1.29, 1.82) is 0 Å². The van der Waals surface area contributed by atoms with E-state index in [0.29, 0.717) is 0 Å². The third-order valence-corrected chi connectivity index (χ3v) is 2.75. The maximum absolute atomic E-state index is 5.15. The molecule has 2 heterocycles. The molecule has 2 aromatic rings. The summed E-state index contributed by atoms with van der Waals surface area (Å²) in [6.45, 7) is 6.71. The first-order valence-corrected chi connectivity index (χ1v) is 5.58. The zero-order chi connectivity index (χ0) is 12.3. The number of nitrogens with zero attached hydrogens (tertiary/aromatic N) is 3. The average Bonchev–Trinajstić information content (AvgIpc) is 2.67. The number of aryl methyl sites for hydroxylation is 2. The first-order valence-electron chi connectivity index (χ1n) is 5.58. The second-order valence-electron chi connectivity index (χ2n) is 4.09. The van der Waals surface area contributed by atoms with Crippen LogP contribution in [0.1, 0.15) is 35.5 Å². The van der Waals surface area contributed by atoms with E-state index in [9.17, 15) is 0 Å². The van der Waals surface area contributed by atoms with Crippen LogP contribution in [0.3, 0.4) is 0 Å². The van der Waals surface area contributed by atoms with E-state index in [4.69, 9.17) is 4.52 Å². The minimum Gasteiger partial charge on any atom is -0.361 e. The van der Waals surface area contributed by atoms with Crippen LogP contribution in [-0.4, -0.2) is 15.1 Å². The molecule has 0 fully saturated rings. The molecule has 0 spiro atoms. The molecule has 1 N–H and O–H groups in total. The van der Waals surface area contributed by atoms with E-state index in [0.717, 1.165) is 29.1 Å². The van der Waals surface area contributed by atoms with Crippen molar-refractivity contribution in [3.05, 3.63) is 41.3 Å². The van der Waals surface area contributed by atoms with Crippen LogP contribution in [0.5, 0.6) is 0 Å². The van der Waals surface area contributed by atoms with Crippen molar-refractivity contribution in [2.75, 3.05) is 0 Å². The van der Waals surface area contributed by atoms with E-state index in [1.807, 2.05) is 13.8 Å². The molecular formula is C12H16N4O. The first kappa shape index (κ1) is 11.7. The fourth-order valence-electron chi connectivity index (χ4n) is 1.90. The molecule has 0 aliphatic heterocycles. The van der Waals surface area contributed by atoms with Gasteiger partial charge in [-0.1, -0.05) is 5.16 Å². The molecule has 5 heteroatoms. The van der Waals surface area contributed by atoms with Crippen molar-refractivity contribution in [2.45, 2.75) is 33.4 Å². The molecule has 2 aromatic heterocycles. The summed E-state index contributed by atoms with van der Waals surface area (Å²) in [6, 6.07) is 0.196. The lowest BCUT2D eigenvalue weighted by Crippen LogP contribution is -2.19. The molecule has 90 valence electrons. The van der Waals surface area contributed by atoms with Crippen LogP contribution in [0.15, 0.2) is 23.2 Å². The van der Waals surface area contributed by atoms with E-state index >= 15 is 0 Å². The second kappa shape index (κ2) is 5.05. The first-order chi connectivity index (χ1) is 8.18. The van der Waals surface area contributed by atoms with Gasteiger partial charge in [-0.05, 0) is 20.8 Å². The summed E-state index contributed by atoms with van der Waals surface area (Å²) in [5, 5.41) is 7.36. The van der Waals surface area contributed by atoms with Gasteiger partial charge in [-0.25, -0.2) is 9.97 Å². The number of nitrogens with one attached hydrogen (secondary N) is 1. The molecular weight excluding hydrogens is 216 g/mol. The lowest BCUT2D eigenvalue weighted by molar-refractivity contribution is 0.390. The third-order valence-electron chi connectivity index (χ3n) is 2.75. The van der Waals surface area contributed by atoms with Gasteiger partial charge >= 0.3 is 0 Å². The zero-order valence-electron chi connectivity index (χ0n) is 10.3. The summed E-state index contributed by atoms with van der Waals surface area (Å²) in [5.74, 6) is 0.867. The van der Waals surface area contributed by atoms with Gasteiger partial charge in [0.05, 0.1) is 5.69 Å². The van der Waals surface area contributed by atoms with E-state index in [1.165, 1.54) is 6.33 Å². The highest BCUT2D eigenvalue weighted by Gasteiger charge is 2.15. The van der Waals surface area contributed by atoms with Crippen LogP contribution >= 0.6 is 0 Å². The smallest absolute Gasteiger partial charge is 0.138 e. The Kier molecular flexibility index (Phi) is 3.49. The van der Waals surface area contributed by atoms with Gasteiger partial charge in [-0.15, -0.1) is 0 Å². The van der Waals surface area contributed by atoms with Crippen LogP contribution in [0.4, 0.5) is 0 Å². The van der Waals surface area contributed by atoms with Crippen molar-refractivity contribution in [3.8, 4) is 0 Å². The Hall–Kier alpha value is -1.75. The Bertz CT molecular complexity index is 461. The lowest BCUT2D eigenvalue weighted by Gasteiger charge is -2.13. The third kappa shape index (κ3) is 2.68. The van der Waals surface area contributed by atoms with Gasteiger partial charge in [0.1, 0.15) is 12.1 Å². The molecule has 2 rings (SSSR count).